The quantitative estimate of drug-likeness (QED) is 0.582. The van der Waals surface area contributed by atoms with Gasteiger partial charge in [0.2, 0.25) is 0 Å². The van der Waals surface area contributed by atoms with Crippen molar-refractivity contribution in [2.45, 2.75) is 40.4 Å². The van der Waals surface area contributed by atoms with E-state index in [-0.39, 0.29) is 0 Å². The fraction of sp³-hybridized carbons (Fsp3) is 0.500. The molecule has 26 heavy (non-hydrogen) atoms. The van der Waals surface area contributed by atoms with Crippen LogP contribution in [0.2, 0.25) is 0 Å². The molecule has 0 bridgehead atoms. The van der Waals surface area contributed by atoms with E-state index >= 15 is 0 Å². The van der Waals surface area contributed by atoms with Gasteiger partial charge in [0.05, 0.1) is 7.11 Å². The Hall–Kier alpha value is -2.50. The van der Waals surface area contributed by atoms with E-state index in [1.807, 2.05) is 31.6 Å². The van der Waals surface area contributed by atoms with Crippen molar-refractivity contribution in [2.24, 2.45) is 10.9 Å². The molecule has 0 amide bonds. The first kappa shape index (κ1) is 19.8. The molecule has 1 heterocycles. The predicted molar refractivity (Wildman–Crippen MR) is 106 cm³/mol. The number of benzene rings is 1. The van der Waals surface area contributed by atoms with E-state index in [0.717, 1.165) is 37.2 Å². The third-order valence-electron chi connectivity index (χ3n) is 4.01. The highest BCUT2D eigenvalue weighted by Crippen LogP contribution is 2.13. The minimum atomic E-state index is 0.564. The third kappa shape index (κ3) is 5.79. The van der Waals surface area contributed by atoms with Gasteiger partial charge in [-0.1, -0.05) is 26.0 Å². The number of methoxy groups -OCH3 is 1. The van der Waals surface area contributed by atoms with Gasteiger partial charge in [-0.25, -0.2) is 9.98 Å². The number of nitrogens with one attached hydrogen (secondary N) is 1. The molecule has 6 nitrogen and oxygen atoms in total. The standard InChI is InChI=1S/C20H31N5O/c1-6-21-20(23-13-19-22-11-12-25(19)14-16(2)3)24(4)15-17-7-9-18(26-5)10-8-17/h7-12,16H,6,13-15H2,1-5H3,(H,21,23). The van der Waals surface area contributed by atoms with Crippen molar-refractivity contribution in [3.8, 4) is 5.75 Å². The summed E-state index contributed by atoms with van der Waals surface area (Å²) >= 11 is 0. The lowest BCUT2D eigenvalue weighted by atomic mass is 10.2. The molecule has 0 unspecified atom stereocenters. The second-order valence-corrected chi connectivity index (χ2v) is 6.76. The van der Waals surface area contributed by atoms with Crippen LogP contribution in [-0.4, -0.2) is 41.1 Å². The Morgan fingerprint density at radius 1 is 1.31 bits per heavy atom. The van der Waals surface area contributed by atoms with Crippen LogP contribution in [-0.2, 0) is 19.6 Å². The van der Waals surface area contributed by atoms with E-state index in [0.29, 0.717) is 12.5 Å². The van der Waals surface area contributed by atoms with Crippen LogP contribution in [0.15, 0.2) is 41.7 Å². The highest BCUT2D eigenvalue weighted by molar-refractivity contribution is 5.79. The molecular weight excluding hydrogens is 326 g/mol. The van der Waals surface area contributed by atoms with Gasteiger partial charge in [-0.05, 0) is 30.5 Å². The van der Waals surface area contributed by atoms with Crippen LogP contribution in [0.25, 0.3) is 0 Å². The summed E-state index contributed by atoms with van der Waals surface area (Å²) in [6, 6.07) is 8.12. The van der Waals surface area contributed by atoms with E-state index in [9.17, 15) is 0 Å². The summed E-state index contributed by atoms with van der Waals surface area (Å²) in [6.45, 7) is 9.62. The molecule has 6 heteroatoms. The van der Waals surface area contributed by atoms with Crippen LogP contribution < -0.4 is 10.1 Å². The molecule has 0 saturated heterocycles. The van der Waals surface area contributed by atoms with Crippen LogP contribution in [0.5, 0.6) is 5.75 Å². The van der Waals surface area contributed by atoms with E-state index in [2.05, 4.69) is 52.7 Å². The van der Waals surface area contributed by atoms with E-state index < -0.39 is 0 Å². The minimum Gasteiger partial charge on any atom is -0.497 e. The maximum absolute atomic E-state index is 5.22. The minimum absolute atomic E-state index is 0.564. The molecule has 0 aliphatic carbocycles. The van der Waals surface area contributed by atoms with Gasteiger partial charge in [-0.3, -0.25) is 0 Å². The highest BCUT2D eigenvalue weighted by Gasteiger charge is 2.09. The van der Waals surface area contributed by atoms with Gasteiger partial charge < -0.3 is 19.5 Å². The van der Waals surface area contributed by atoms with Crippen LogP contribution in [0.1, 0.15) is 32.2 Å². The monoisotopic (exact) mass is 357 g/mol. The first-order valence-corrected chi connectivity index (χ1v) is 9.15. The molecule has 0 aliphatic rings. The highest BCUT2D eigenvalue weighted by atomic mass is 16.5. The predicted octanol–water partition coefficient (Wildman–Crippen LogP) is 3.15. The Balaban J connectivity index is 2.06. The number of nitrogens with zero attached hydrogens (tertiary/aromatic N) is 4. The number of guanidine groups is 1. The zero-order chi connectivity index (χ0) is 18.9. The molecule has 0 saturated carbocycles. The number of imidazole rings is 1. The van der Waals surface area contributed by atoms with E-state index in [1.54, 1.807) is 7.11 Å². The number of rotatable bonds is 8. The number of aliphatic imine (C=N–C) groups is 1. The van der Waals surface area contributed by atoms with Crippen LogP contribution in [0, 0.1) is 5.92 Å². The third-order valence-corrected chi connectivity index (χ3v) is 4.01. The van der Waals surface area contributed by atoms with Crippen LogP contribution in [0.4, 0.5) is 0 Å². The number of hydrogen-bond donors (Lipinski definition) is 1. The second kappa shape index (κ2) is 9.85. The largest absolute Gasteiger partial charge is 0.497 e. The fourth-order valence-electron chi connectivity index (χ4n) is 2.75. The maximum Gasteiger partial charge on any atom is 0.194 e. The fourth-order valence-corrected chi connectivity index (χ4v) is 2.75. The smallest absolute Gasteiger partial charge is 0.194 e. The summed E-state index contributed by atoms with van der Waals surface area (Å²) in [5, 5.41) is 3.36. The van der Waals surface area contributed by atoms with Crippen LogP contribution in [0.3, 0.4) is 0 Å². The molecule has 1 aromatic heterocycles. The van der Waals surface area contributed by atoms with E-state index in [1.165, 1.54) is 5.56 Å². The van der Waals surface area contributed by atoms with Gasteiger partial charge in [0.1, 0.15) is 18.1 Å². The van der Waals surface area contributed by atoms with Gasteiger partial charge in [0.15, 0.2) is 5.96 Å². The second-order valence-electron chi connectivity index (χ2n) is 6.76. The molecule has 0 spiro atoms. The first-order valence-electron chi connectivity index (χ1n) is 9.15. The Morgan fingerprint density at radius 3 is 2.65 bits per heavy atom. The van der Waals surface area contributed by atoms with Crippen molar-refractivity contribution >= 4 is 5.96 Å². The Kier molecular flexibility index (Phi) is 7.51. The van der Waals surface area contributed by atoms with E-state index in [4.69, 9.17) is 9.73 Å². The first-order chi connectivity index (χ1) is 12.5. The Bertz CT molecular complexity index is 690. The van der Waals surface area contributed by atoms with Crippen molar-refractivity contribution < 1.29 is 4.74 Å². The molecule has 0 atom stereocenters. The van der Waals surface area contributed by atoms with Crippen molar-refractivity contribution in [2.75, 3.05) is 20.7 Å². The summed E-state index contributed by atoms with van der Waals surface area (Å²) in [4.78, 5) is 11.4. The lowest BCUT2D eigenvalue weighted by Crippen LogP contribution is -2.38. The zero-order valence-electron chi connectivity index (χ0n) is 16.6. The molecule has 0 radical (unpaired) electrons. The summed E-state index contributed by atoms with van der Waals surface area (Å²) in [6.07, 6.45) is 3.88. The van der Waals surface area contributed by atoms with Crippen molar-refractivity contribution in [3.05, 3.63) is 48.0 Å². The summed E-state index contributed by atoms with van der Waals surface area (Å²) in [7, 11) is 3.73. The van der Waals surface area contributed by atoms with Crippen molar-refractivity contribution in [1.82, 2.24) is 19.8 Å². The molecule has 1 N–H and O–H groups in total. The average Bonchev–Trinajstić information content (AvgIpc) is 3.05. The molecular formula is C20H31N5O. The number of ether oxygens (including phenoxy) is 1. The molecule has 2 rings (SSSR count). The zero-order valence-corrected chi connectivity index (χ0v) is 16.6. The normalized spacial score (nSPS) is 11.7. The summed E-state index contributed by atoms with van der Waals surface area (Å²) in [5.41, 5.74) is 1.21. The van der Waals surface area contributed by atoms with Crippen LogP contribution >= 0.6 is 0 Å². The molecule has 0 fully saturated rings. The molecule has 142 valence electrons. The topological polar surface area (TPSA) is 54.7 Å². The summed E-state index contributed by atoms with van der Waals surface area (Å²) in [5.74, 6) is 3.32. The molecule has 2 aromatic rings. The van der Waals surface area contributed by atoms with Gasteiger partial charge >= 0.3 is 0 Å². The Labute approximate surface area is 156 Å². The molecule has 1 aromatic carbocycles. The molecule has 0 aliphatic heterocycles. The van der Waals surface area contributed by atoms with Gasteiger partial charge in [-0.15, -0.1) is 0 Å². The maximum atomic E-state index is 5.22. The van der Waals surface area contributed by atoms with Crippen molar-refractivity contribution in [3.63, 3.8) is 0 Å². The average molecular weight is 358 g/mol. The van der Waals surface area contributed by atoms with Crippen molar-refractivity contribution in [1.29, 1.82) is 0 Å². The Morgan fingerprint density at radius 2 is 2.04 bits per heavy atom. The number of hydrogen-bond acceptors (Lipinski definition) is 3. The summed E-state index contributed by atoms with van der Waals surface area (Å²) < 4.78 is 7.40. The SMILES string of the molecule is CCNC(=NCc1nccn1CC(C)C)N(C)Cc1ccc(OC)cc1. The van der Waals surface area contributed by atoms with Gasteiger partial charge in [0.25, 0.3) is 0 Å². The van der Waals surface area contributed by atoms with Gasteiger partial charge in [-0.2, -0.15) is 0 Å². The number of aromatic nitrogens is 2. The lowest BCUT2D eigenvalue weighted by Gasteiger charge is -2.22. The lowest BCUT2D eigenvalue weighted by molar-refractivity contribution is 0.414. The van der Waals surface area contributed by atoms with Gasteiger partial charge in [0, 0.05) is 39.1 Å².